The van der Waals surface area contributed by atoms with Gasteiger partial charge in [-0.3, -0.25) is 4.79 Å². The number of halogens is 2. The van der Waals surface area contributed by atoms with Gasteiger partial charge in [0.15, 0.2) is 16.7 Å². The van der Waals surface area contributed by atoms with Crippen molar-refractivity contribution in [1.82, 2.24) is 9.97 Å². The second kappa shape index (κ2) is 9.23. The largest absolute Gasteiger partial charge is 0.493 e. The van der Waals surface area contributed by atoms with Gasteiger partial charge in [-0.15, -0.1) is 0 Å². The van der Waals surface area contributed by atoms with E-state index in [1.807, 2.05) is 6.07 Å². The van der Waals surface area contributed by atoms with E-state index in [0.29, 0.717) is 37.8 Å². The number of H-pyrrole nitrogens is 1. The lowest BCUT2D eigenvalue weighted by molar-refractivity contribution is 0.286. The van der Waals surface area contributed by atoms with Gasteiger partial charge in [-0.25, -0.2) is 4.98 Å². The van der Waals surface area contributed by atoms with E-state index >= 15 is 0 Å². The summed E-state index contributed by atoms with van der Waals surface area (Å²) in [5.41, 5.74) is 0.628. The van der Waals surface area contributed by atoms with Crippen LogP contribution in [-0.2, 0) is 6.61 Å². The maximum Gasteiger partial charge on any atom is 0.270 e. The minimum Gasteiger partial charge on any atom is -0.493 e. The average Bonchev–Trinajstić information content (AvgIpc) is 2.72. The summed E-state index contributed by atoms with van der Waals surface area (Å²) in [6.07, 6.45) is 1.77. The van der Waals surface area contributed by atoms with Crippen LogP contribution in [0.25, 0.3) is 11.3 Å². The van der Waals surface area contributed by atoms with Crippen LogP contribution < -0.4 is 15.0 Å². The third kappa shape index (κ3) is 4.35. The Labute approximate surface area is 181 Å². The van der Waals surface area contributed by atoms with E-state index in [2.05, 4.69) is 9.97 Å². The van der Waals surface area contributed by atoms with Crippen molar-refractivity contribution in [3.63, 3.8) is 0 Å². The monoisotopic (exact) mass is 447 g/mol. The molecule has 0 saturated heterocycles. The third-order valence-corrected chi connectivity index (χ3v) is 5.37. The molecule has 2 aromatic carbocycles. The number of methoxy groups -OCH3 is 1. The third-order valence-electron chi connectivity index (χ3n) is 4.08. The van der Waals surface area contributed by atoms with Crippen molar-refractivity contribution >= 4 is 35.0 Å². The summed E-state index contributed by atoms with van der Waals surface area (Å²) in [7, 11) is 1.50. The summed E-state index contributed by atoms with van der Waals surface area (Å²) in [5.74, 6) is 0.745. The highest BCUT2D eigenvalue weighted by Gasteiger charge is 2.20. The van der Waals surface area contributed by atoms with Gasteiger partial charge in [-0.2, -0.15) is 5.26 Å². The fourth-order valence-corrected chi connectivity index (χ4v) is 3.56. The Morgan fingerprint density at radius 1 is 1.21 bits per heavy atom. The summed E-state index contributed by atoms with van der Waals surface area (Å²) in [6, 6.07) is 12.2. The molecule has 0 bridgehead atoms. The average molecular weight is 448 g/mol. The van der Waals surface area contributed by atoms with E-state index < -0.39 is 5.56 Å². The van der Waals surface area contributed by atoms with Crippen molar-refractivity contribution < 1.29 is 9.47 Å². The smallest absolute Gasteiger partial charge is 0.270 e. The normalized spacial score (nSPS) is 10.4. The molecule has 0 radical (unpaired) electrons. The van der Waals surface area contributed by atoms with E-state index in [-0.39, 0.29) is 17.9 Å². The van der Waals surface area contributed by atoms with Crippen LogP contribution >= 0.6 is 35.0 Å². The lowest BCUT2D eigenvalue weighted by Crippen LogP contribution is -2.15. The molecule has 6 nitrogen and oxygen atoms in total. The molecule has 9 heteroatoms. The first kappa shape index (κ1) is 21.1. The second-order valence-electron chi connectivity index (χ2n) is 5.74. The number of hydrogen-bond donors (Lipinski definition) is 1. The van der Waals surface area contributed by atoms with Crippen molar-refractivity contribution in [2.75, 3.05) is 13.4 Å². The zero-order valence-corrected chi connectivity index (χ0v) is 17.8. The highest BCUT2D eigenvalue weighted by atomic mass is 35.5. The van der Waals surface area contributed by atoms with Gasteiger partial charge >= 0.3 is 0 Å². The summed E-state index contributed by atoms with van der Waals surface area (Å²) >= 11 is 13.7. The molecule has 1 N–H and O–H groups in total. The number of aromatic amines is 1. The number of thioether (sulfide) groups is 1. The lowest BCUT2D eigenvalue weighted by Gasteiger charge is -2.16. The molecule has 0 fully saturated rings. The molecule has 0 aliphatic rings. The molecule has 0 aliphatic carbocycles. The van der Waals surface area contributed by atoms with Crippen molar-refractivity contribution in [2.24, 2.45) is 0 Å². The molecular weight excluding hydrogens is 433 g/mol. The van der Waals surface area contributed by atoms with E-state index in [0.717, 1.165) is 0 Å². The van der Waals surface area contributed by atoms with Crippen molar-refractivity contribution in [1.29, 1.82) is 5.26 Å². The Hall–Kier alpha value is -2.66. The minimum atomic E-state index is -0.523. The van der Waals surface area contributed by atoms with Crippen LogP contribution in [0.15, 0.2) is 46.3 Å². The Morgan fingerprint density at radius 2 is 1.90 bits per heavy atom. The molecule has 1 heterocycles. The number of para-hydroxylation sites is 1. The minimum absolute atomic E-state index is 0.0618. The Balaban J connectivity index is 2.14. The zero-order chi connectivity index (χ0) is 21.0. The number of rotatable bonds is 6. The van der Waals surface area contributed by atoms with E-state index in [1.54, 1.807) is 42.7 Å². The van der Waals surface area contributed by atoms with Crippen LogP contribution in [0.5, 0.6) is 11.5 Å². The van der Waals surface area contributed by atoms with Crippen LogP contribution in [0.1, 0.15) is 11.1 Å². The molecule has 0 unspecified atom stereocenters. The lowest BCUT2D eigenvalue weighted by atomic mass is 10.1. The number of nitrogens with zero attached hydrogens (tertiary/aromatic N) is 2. The van der Waals surface area contributed by atoms with Crippen molar-refractivity contribution in [3.8, 4) is 28.8 Å². The van der Waals surface area contributed by atoms with Crippen molar-refractivity contribution in [2.45, 2.75) is 11.8 Å². The quantitative estimate of drug-likeness (QED) is 0.425. The highest BCUT2D eigenvalue weighted by molar-refractivity contribution is 7.98. The predicted octanol–water partition coefficient (Wildman–Crippen LogP) is 4.92. The van der Waals surface area contributed by atoms with E-state index in [4.69, 9.17) is 32.7 Å². The van der Waals surface area contributed by atoms with E-state index in [1.165, 1.54) is 18.9 Å². The maximum atomic E-state index is 12.3. The first-order valence-electron chi connectivity index (χ1n) is 8.31. The first-order valence-corrected chi connectivity index (χ1v) is 10.3. The Morgan fingerprint density at radius 3 is 2.52 bits per heavy atom. The molecule has 0 saturated carbocycles. The van der Waals surface area contributed by atoms with Gasteiger partial charge in [0.25, 0.3) is 5.56 Å². The van der Waals surface area contributed by atoms with Gasteiger partial charge in [-0.1, -0.05) is 47.1 Å². The topological polar surface area (TPSA) is 88.0 Å². The number of nitriles is 1. The standard InChI is InChI=1S/C20H15Cl2N3O3S/c1-27-16-8-3-5-11(17-12(9-23)19(26)25-20(24-17)29-2)18(16)28-10-13-14(21)6-4-7-15(13)22/h3-8H,10H2,1-2H3,(H,24,25,26). The van der Waals surface area contributed by atoms with Gasteiger partial charge in [0, 0.05) is 21.2 Å². The van der Waals surface area contributed by atoms with Crippen LogP contribution in [0.3, 0.4) is 0 Å². The van der Waals surface area contributed by atoms with Gasteiger partial charge in [0.1, 0.15) is 23.9 Å². The predicted molar refractivity (Wildman–Crippen MR) is 114 cm³/mol. The molecule has 1 aromatic heterocycles. The Bertz CT molecular complexity index is 1140. The van der Waals surface area contributed by atoms with E-state index in [9.17, 15) is 10.1 Å². The van der Waals surface area contributed by atoms with Gasteiger partial charge in [0.2, 0.25) is 0 Å². The maximum absolute atomic E-state index is 12.3. The fourth-order valence-electron chi connectivity index (χ4n) is 2.67. The van der Waals surface area contributed by atoms with Crippen molar-refractivity contribution in [3.05, 3.63) is 67.9 Å². The second-order valence-corrected chi connectivity index (χ2v) is 7.35. The van der Waals surface area contributed by atoms with Crippen LogP contribution in [0, 0.1) is 11.3 Å². The molecule has 29 heavy (non-hydrogen) atoms. The number of benzene rings is 2. The molecule has 3 rings (SSSR count). The summed E-state index contributed by atoms with van der Waals surface area (Å²) in [5, 5.41) is 10.8. The number of aromatic nitrogens is 2. The number of hydrogen-bond acceptors (Lipinski definition) is 6. The van der Waals surface area contributed by atoms with Gasteiger partial charge in [0.05, 0.1) is 7.11 Å². The first-order chi connectivity index (χ1) is 14.0. The highest BCUT2D eigenvalue weighted by Crippen LogP contribution is 2.39. The zero-order valence-electron chi connectivity index (χ0n) is 15.5. The molecule has 3 aromatic rings. The summed E-state index contributed by atoms with van der Waals surface area (Å²) < 4.78 is 11.4. The van der Waals surface area contributed by atoms with Crippen LogP contribution in [-0.4, -0.2) is 23.3 Å². The Kier molecular flexibility index (Phi) is 6.70. The molecule has 0 aliphatic heterocycles. The van der Waals surface area contributed by atoms with Gasteiger partial charge in [-0.05, 0) is 30.5 Å². The van der Waals surface area contributed by atoms with Crippen LogP contribution in [0.2, 0.25) is 10.0 Å². The number of ether oxygens (including phenoxy) is 2. The molecule has 0 amide bonds. The van der Waals surface area contributed by atoms with Gasteiger partial charge < -0.3 is 14.5 Å². The summed E-state index contributed by atoms with van der Waals surface area (Å²) in [4.78, 5) is 19.3. The fraction of sp³-hybridized carbons (Fsp3) is 0.150. The molecule has 0 atom stereocenters. The van der Waals surface area contributed by atoms with Crippen LogP contribution in [0.4, 0.5) is 0 Å². The summed E-state index contributed by atoms with van der Waals surface area (Å²) in [6.45, 7) is 0.0618. The molecule has 0 spiro atoms. The molecular formula is C20H15Cl2N3O3S. The molecule has 148 valence electrons. The SMILES string of the molecule is COc1cccc(-c2nc(SC)[nH]c(=O)c2C#N)c1OCc1c(Cl)cccc1Cl. The number of nitrogens with one attached hydrogen (secondary N) is 1.